The topological polar surface area (TPSA) is 47.3 Å². The Bertz CT molecular complexity index is 809. The minimum atomic E-state index is -0.0515. The molecule has 0 spiro atoms. The predicted octanol–water partition coefficient (Wildman–Crippen LogP) is 3.05. The van der Waals surface area contributed by atoms with E-state index in [1.54, 1.807) is 4.90 Å². The summed E-state index contributed by atoms with van der Waals surface area (Å²) in [7, 11) is 0. The van der Waals surface area contributed by atoms with Crippen molar-refractivity contribution in [3.8, 4) is 17.3 Å². The van der Waals surface area contributed by atoms with Gasteiger partial charge in [0.1, 0.15) is 0 Å². The molecule has 0 N–H and O–H groups in total. The molecule has 0 aromatic heterocycles. The smallest absolute Gasteiger partial charge is 0.231 e. The minimum Gasteiger partial charge on any atom is -0.312 e. The van der Waals surface area contributed by atoms with Crippen molar-refractivity contribution in [2.24, 2.45) is 5.92 Å². The maximum absolute atomic E-state index is 12.8. The fourth-order valence-corrected chi connectivity index (χ4v) is 3.71. The molecule has 1 fully saturated rings. The fraction of sp³-hybridized carbons (Fsp3) is 0.300. The molecule has 1 amide bonds. The lowest BCUT2D eigenvalue weighted by molar-refractivity contribution is -0.121. The molecule has 2 aromatic rings. The number of benzene rings is 2. The molecule has 24 heavy (non-hydrogen) atoms. The van der Waals surface area contributed by atoms with Gasteiger partial charge in [-0.2, -0.15) is 5.26 Å². The van der Waals surface area contributed by atoms with E-state index in [0.29, 0.717) is 13.1 Å². The van der Waals surface area contributed by atoms with E-state index in [0.717, 1.165) is 25.1 Å². The van der Waals surface area contributed by atoms with Gasteiger partial charge >= 0.3 is 0 Å². The van der Waals surface area contributed by atoms with Crippen molar-refractivity contribution in [2.45, 2.75) is 12.8 Å². The van der Waals surface area contributed by atoms with Gasteiger partial charge in [-0.05, 0) is 41.7 Å². The highest BCUT2D eigenvalue weighted by molar-refractivity contribution is 5.97. The number of carbonyl (C=O) groups is 1. The van der Waals surface area contributed by atoms with E-state index < -0.39 is 0 Å². The van der Waals surface area contributed by atoms with Gasteiger partial charge in [0.2, 0.25) is 5.91 Å². The Hall–Kier alpha value is -2.80. The molecule has 120 valence electrons. The van der Waals surface area contributed by atoms with E-state index in [2.05, 4.69) is 36.5 Å². The van der Waals surface area contributed by atoms with Crippen molar-refractivity contribution < 1.29 is 4.79 Å². The molecule has 2 heterocycles. The molecule has 4 nitrogen and oxygen atoms in total. The maximum Gasteiger partial charge on any atom is 0.231 e. The molecule has 2 aromatic carbocycles. The van der Waals surface area contributed by atoms with Crippen LogP contribution < -0.4 is 4.90 Å². The summed E-state index contributed by atoms with van der Waals surface area (Å²) in [5, 5.41) is 8.98. The number of rotatable bonds is 2. The summed E-state index contributed by atoms with van der Waals surface area (Å²) in [4.78, 5) is 16.4. The van der Waals surface area contributed by atoms with Gasteiger partial charge in [0.25, 0.3) is 0 Å². The first-order valence-electron chi connectivity index (χ1n) is 8.40. The molecule has 0 radical (unpaired) electrons. The molecule has 0 bridgehead atoms. The summed E-state index contributed by atoms with van der Waals surface area (Å²) in [6.45, 7) is 2.00. The normalized spacial score (nSPS) is 19.2. The van der Waals surface area contributed by atoms with Crippen LogP contribution in [0.4, 0.5) is 5.69 Å². The number of nitriles is 1. The van der Waals surface area contributed by atoms with E-state index >= 15 is 0 Å². The molecule has 0 saturated carbocycles. The number of hydrogen-bond acceptors (Lipinski definition) is 3. The van der Waals surface area contributed by atoms with Gasteiger partial charge in [-0.25, -0.2) is 0 Å². The second-order valence-electron chi connectivity index (χ2n) is 6.48. The van der Waals surface area contributed by atoms with Crippen molar-refractivity contribution in [1.82, 2.24) is 4.90 Å². The first-order valence-corrected chi connectivity index (χ1v) is 8.40. The number of hydrogen-bond donors (Lipinski definition) is 0. The third-order valence-electron chi connectivity index (χ3n) is 5.03. The van der Waals surface area contributed by atoms with Crippen LogP contribution in [0.5, 0.6) is 0 Å². The summed E-state index contributed by atoms with van der Waals surface area (Å²) >= 11 is 0. The lowest BCUT2D eigenvalue weighted by Crippen LogP contribution is -2.35. The van der Waals surface area contributed by atoms with Crippen LogP contribution in [0, 0.1) is 17.4 Å². The van der Waals surface area contributed by atoms with E-state index in [4.69, 9.17) is 5.26 Å². The Morgan fingerprint density at radius 1 is 1.08 bits per heavy atom. The molecule has 4 rings (SSSR count). The van der Waals surface area contributed by atoms with Gasteiger partial charge < -0.3 is 9.80 Å². The van der Waals surface area contributed by atoms with Crippen LogP contribution in [0.3, 0.4) is 0 Å². The third kappa shape index (κ3) is 2.52. The molecule has 4 heteroatoms. The van der Waals surface area contributed by atoms with Gasteiger partial charge in [0.15, 0.2) is 6.19 Å². The Balaban J connectivity index is 1.57. The zero-order valence-electron chi connectivity index (χ0n) is 13.5. The fourth-order valence-electron chi connectivity index (χ4n) is 3.71. The first kappa shape index (κ1) is 14.8. The molecule has 0 aliphatic carbocycles. The van der Waals surface area contributed by atoms with Gasteiger partial charge in [-0.15, -0.1) is 0 Å². The van der Waals surface area contributed by atoms with E-state index in [9.17, 15) is 4.79 Å². The monoisotopic (exact) mass is 317 g/mol. The van der Waals surface area contributed by atoms with E-state index in [1.807, 2.05) is 23.1 Å². The SMILES string of the molecule is N#CN1CC[C@@H](C(=O)N2CCc3cc(-c4ccccc4)ccc32)C1. The molecule has 1 atom stereocenters. The average Bonchev–Trinajstić information content (AvgIpc) is 3.28. The summed E-state index contributed by atoms with van der Waals surface area (Å²) in [5.41, 5.74) is 4.67. The van der Waals surface area contributed by atoms with Crippen LogP contribution in [0.25, 0.3) is 11.1 Å². The van der Waals surface area contributed by atoms with Gasteiger partial charge in [0, 0.05) is 25.3 Å². The first-order chi connectivity index (χ1) is 11.8. The zero-order valence-corrected chi connectivity index (χ0v) is 13.5. The molecule has 1 saturated heterocycles. The van der Waals surface area contributed by atoms with E-state index in [-0.39, 0.29) is 11.8 Å². The van der Waals surface area contributed by atoms with Gasteiger partial charge in [0.05, 0.1) is 5.92 Å². The van der Waals surface area contributed by atoms with Crippen LogP contribution in [0.15, 0.2) is 48.5 Å². The highest BCUT2D eigenvalue weighted by Gasteiger charge is 2.34. The lowest BCUT2D eigenvalue weighted by Gasteiger charge is -2.21. The van der Waals surface area contributed by atoms with Crippen molar-refractivity contribution in [1.29, 1.82) is 5.26 Å². The molecular weight excluding hydrogens is 298 g/mol. The zero-order chi connectivity index (χ0) is 16.5. The second kappa shape index (κ2) is 6.01. The molecule has 0 unspecified atom stereocenters. The van der Waals surface area contributed by atoms with Crippen LogP contribution in [0.1, 0.15) is 12.0 Å². The summed E-state index contributed by atoms with van der Waals surface area (Å²) in [6, 6.07) is 16.7. The number of carbonyl (C=O) groups excluding carboxylic acids is 1. The van der Waals surface area contributed by atoms with Crippen LogP contribution in [-0.4, -0.2) is 30.4 Å². The number of anilines is 1. The Labute approximate surface area is 141 Å². The van der Waals surface area contributed by atoms with Crippen LogP contribution >= 0.6 is 0 Å². The third-order valence-corrected chi connectivity index (χ3v) is 5.03. The minimum absolute atomic E-state index is 0.0515. The number of amides is 1. The Kier molecular flexibility index (Phi) is 3.70. The van der Waals surface area contributed by atoms with Crippen LogP contribution in [0.2, 0.25) is 0 Å². The van der Waals surface area contributed by atoms with Crippen LogP contribution in [-0.2, 0) is 11.2 Å². The Morgan fingerprint density at radius 3 is 2.67 bits per heavy atom. The summed E-state index contributed by atoms with van der Waals surface area (Å²) in [5.74, 6) is 0.114. The lowest BCUT2D eigenvalue weighted by atomic mass is 10.0. The quantitative estimate of drug-likeness (QED) is 0.800. The molecule has 2 aliphatic heterocycles. The predicted molar refractivity (Wildman–Crippen MR) is 93.2 cm³/mol. The standard InChI is InChI=1S/C20H19N3O/c21-14-22-10-8-18(13-22)20(24)23-11-9-17-12-16(6-7-19(17)23)15-4-2-1-3-5-15/h1-7,12,18H,8-11,13H2/t18-/m1/s1. The summed E-state index contributed by atoms with van der Waals surface area (Å²) in [6.07, 6.45) is 3.82. The Morgan fingerprint density at radius 2 is 1.92 bits per heavy atom. The van der Waals surface area contributed by atoms with Crippen molar-refractivity contribution >= 4 is 11.6 Å². The van der Waals surface area contributed by atoms with Gasteiger partial charge in [-0.3, -0.25) is 4.79 Å². The van der Waals surface area contributed by atoms with Crippen molar-refractivity contribution in [3.63, 3.8) is 0 Å². The second-order valence-corrected chi connectivity index (χ2v) is 6.48. The van der Waals surface area contributed by atoms with E-state index in [1.165, 1.54) is 16.7 Å². The number of fused-ring (bicyclic) bond motifs is 1. The summed E-state index contributed by atoms with van der Waals surface area (Å²) < 4.78 is 0. The largest absolute Gasteiger partial charge is 0.312 e. The van der Waals surface area contributed by atoms with Crippen molar-refractivity contribution in [3.05, 3.63) is 54.1 Å². The molecular formula is C20H19N3O. The molecule has 2 aliphatic rings. The number of nitrogens with zero attached hydrogens (tertiary/aromatic N) is 3. The number of likely N-dealkylation sites (tertiary alicyclic amines) is 1. The highest BCUT2D eigenvalue weighted by atomic mass is 16.2. The highest BCUT2D eigenvalue weighted by Crippen LogP contribution is 2.34. The maximum atomic E-state index is 12.8. The average molecular weight is 317 g/mol. The van der Waals surface area contributed by atoms with Gasteiger partial charge in [-0.1, -0.05) is 36.4 Å². The van der Waals surface area contributed by atoms with Crippen molar-refractivity contribution in [2.75, 3.05) is 24.5 Å².